The topological polar surface area (TPSA) is 30.0 Å². The van der Waals surface area contributed by atoms with Gasteiger partial charge in [-0.3, -0.25) is 9.19 Å². The molecule has 0 aliphatic carbocycles. The van der Waals surface area contributed by atoms with Crippen LogP contribution in [-0.4, -0.2) is 21.7 Å². The quantitative estimate of drug-likeness (QED) is 0.616. The largest absolute Gasteiger partial charge is 0.265 e. The number of hydrogen-bond donors (Lipinski definition) is 0. The molecule has 0 spiro atoms. The van der Waals surface area contributed by atoms with Gasteiger partial charge in [0.2, 0.25) is 0 Å². The van der Waals surface area contributed by atoms with Crippen molar-refractivity contribution in [2.45, 2.75) is 0 Å². The summed E-state index contributed by atoms with van der Waals surface area (Å²) in [6.07, 6.45) is 6.78. The molecule has 0 fully saturated rings. The Morgan fingerprint density at radius 1 is 1.09 bits per heavy atom. The highest BCUT2D eigenvalue weighted by Crippen LogP contribution is 1.73. The summed E-state index contributed by atoms with van der Waals surface area (Å²) >= 11 is 0. The molecule has 1 aromatic heterocycles. The van der Waals surface area contributed by atoms with Crippen molar-refractivity contribution in [3.05, 3.63) is 30.6 Å². The molecule has 0 radical (unpaired) electrons. The van der Waals surface area contributed by atoms with Gasteiger partial charge in [0.05, 0.1) is 0 Å². The molecule has 0 aromatic carbocycles. The monoisotopic (exact) mass is 191 g/mol. The predicted molar refractivity (Wildman–Crippen MR) is 54.6 cm³/mol. The van der Waals surface area contributed by atoms with Crippen LogP contribution in [0.25, 0.3) is 0 Å². The highest BCUT2D eigenvalue weighted by molar-refractivity contribution is 7.83. The second kappa shape index (κ2) is 9.65. The van der Waals surface area contributed by atoms with Gasteiger partial charge in [0.1, 0.15) is 0 Å². The van der Waals surface area contributed by atoms with Crippen LogP contribution < -0.4 is 0 Å². The van der Waals surface area contributed by atoms with Crippen molar-refractivity contribution < 1.29 is 4.21 Å². The molecule has 2 nitrogen and oxygen atoms in total. The van der Waals surface area contributed by atoms with Gasteiger partial charge >= 0.3 is 0 Å². The van der Waals surface area contributed by atoms with Crippen LogP contribution in [0, 0.1) is 0 Å². The maximum atomic E-state index is 9.56. The van der Waals surface area contributed by atoms with Crippen LogP contribution in [0.4, 0.5) is 0 Å². The molecule has 64 valence electrons. The predicted octanol–water partition coefficient (Wildman–Crippen LogP) is 1.19. The Morgan fingerprint density at radius 2 is 1.45 bits per heavy atom. The maximum absolute atomic E-state index is 9.56. The van der Waals surface area contributed by atoms with Crippen LogP contribution in [0.15, 0.2) is 30.6 Å². The van der Waals surface area contributed by atoms with Gasteiger partial charge in [-0.15, -0.1) is 0 Å². The van der Waals surface area contributed by atoms with Gasteiger partial charge in [0.15, 0.2) is 0 Å². The third-order valence-corrected chi connectivity index (χ3v) is 0.566. The van der Waals surface area contributed by atoms with E-state index < -0.39 is 10.8 Å². The van der Waals surface area contributed by atoms with E-state index in [-0.39, 0.29) is 13.5 Å². The molecule has 4 heteroatoms. The number of aromatic nitrogens is 1. The van der Waals surface area contributed by atoms with E-state index in [1.54, 1.807) is 24.9 Å². The number of nitrogens with zero attached hydrogens (tertiary/aromatic N) is 1. The van der Waals surface area contributed by atoms with E-state index in [0.717, 1.165) is 0 Å². The van der Waals surface area contributed by atoms with Crippen molar-refractivity contribution in [3.63, 3.8) is 0 Å². The summed E-state index contributed by atoms with van der Waals surface area (Å²) in [6, 6.07) is 5.72. The van der Waals surface area contributed by atoms with Crippen LogP contribution in [-0.2, 0) is 10.8 Å². The van der Waals surface area contributed by atoms with E-state index in [9.17, 15) is 4.21 Å². The summed E-state index contributed by atoms with van der Waals surface area (Å²) in [6.45, 7) is 0. The zero-order chi connectivity index (χ0) is 7.82. The Kier molecular flexibility index (Phi) is 11.6. The molecule has 0 saturated carbocycles. The lowest BCUT2D eigenvalue weighted by molar-refractivity contribution is 0.690. The minimum atomic E-state index is -0.611. The zero-order valence-corrected chi connectivity index (χ0v) is 8.47. The summed E-state index contributed by atoms with van der Waals surface area (Å²) in [5.41, 5.74) is 0. The summed E-state index contributed by atoms with van der Waals surface area (Å²) in [5, 5.41) is 0. The molecule has 0 aliphatic rings. The van der Waals surface area contributed by atoms with Crippen molar-refractivity contribution in [2.24, 2.45) is 0 Å². The number of hydrogen-bond acceptors (Lipinski definition) is 2. The highest BCUT2D eigenvalue weighted by Gasteiger charge is 1.58. The van der Waals surface area contributed by atoms with Crippen molar-refractivity contribution >= 4 is 24.3 Å². The first-order valence-electron chi connectivity index (χ1n) is 2.83. The van der Waals surface area contributed by atoms with Crippen molar-refractivity contribution in [1.29, 1.82) is 0 Å². The third kappa shape index (κ3) is 17.7. The van der Waals surface area contributed by atoms with Crippen LogP contribution >= 0.6 is 13.5 Å². The molecule has 1 heterocycles. The SMILES string of the molecule is CS(C)=O.S.c1ccncc1. The Bertz CT molecular complexity index is 148. The second-order valence-corrected chi connectivity index (χ2v) is 3.25. The van der Waals surface area contributed by atoms with E-state index in [0.29, 0.717) is 0 Å². The standard InChI is InChI=1S/C5H5N.C2H6OS.H2S/c1-2-4-6-5-3-1;1-4(2)3;/h1-5H;1-2H3;1H2. The summed E-state index contributed by atoms with van der Waals surface area (Å²) in [4.78, 5) is 3.78. The fourth-order valence-corrected chi connectivity index (χ4v) is 0.313. The molecule has 0 bridgehead atoms. The molecule has 1 aromatic rings. The van der Waals surface area contributed by atoms with Gasteiger partial charge in [-0.05, 0) is 12.1 Å². The minimum absolute atomic E-state index is 0. The second-order valence-electron chi connectivity index (χ2n) is 1.77. The average Bonchev–Trinajstić information content (AvgIpc) is 1.90. The summed E-state index contributed by atoms with van der Waals surface area (Å²) in [7, 11) is -0.611. The summed E-state index contributed by atoms with van der Waals surface area (Å²) < 4.78 is 9.56. The van der Waals surface area contributed by atoms with Crippen LogP contribution in [0.5, 0.6) is 0 Å². The normalized spacial score (nSPS) is 7.55. The molecule has 0 amide bonds. The molecule has 1 rings (SSSR count). The Morgan fingerprint density at radius 3 is 1.55 bits per heavy atom. The van der Waals surface area contributed by atoms with Crippen LogP contribution in [0.1, 0.15) is 0 Å². The summed E-state index contributed by atoms with van der Waals surface area (Å²) in [5.74, 6) is 0. The maximum Gasteiger partial charge on any atom is 0.0267 e. The lowest BCUT2D eigenvalue weighted by Gasteiger charge is -1.70. The van der Waals surface area contributed by atoms with E-state index in [1.807, 2.05) is 18.2 Å². The van der Waals surface area contributed by atoms with Crippen molar-refractivity contribution in [2.75, 3.05) is 12.5 Å². The van der Waals surface area contributed by atoms with Gasteiger partial charge in [0.25, 0.3) is 0 Å². The van der Waals surface area contributed by atoms with E-state index in [2.05, 4.69) is 4.98 Å². The number of pyridine rings is 1. The smallest absolute Gasteiger partial charge is 0.0267 e. The molecule has 0 aliphatic heterocycles. The molecule has 0 N–H and O–H groups in total. The van der Waals surface area contributed by atoms with E-state index in [1.165, 1.54) is 0 Å². The molecule has 0 atom stereocenters. The van der Waals surface area contributed by atoms with Gasteiger partial charge in [0, 0.05) is 35.7 Å². The first kappa shape index (κ1) is 13.3. The lowest BCUT2D eigenvalue weighted by Crippen LogP contribution is -1.70. The molecule has 0 unspecified atom stereocenters. The van der Waals surface area contributed by atoms with Crippen LogP contribution in [0.2, 0.25) is 0 Å². The highest BCUT2D eigenvalue weighted by atomic mass is 32.2. The molecular formula is C7H13NOS2. The number of rotatable bonds is 0. The van der Waals surface area contributed by atoms with Crippen molar-refractivity contribution in [1.82, 2.24) is 4.98 Å². The minimum Gasteiger partial charge on any atom is -0.265 e. The molecule has 0 saturated heterocycles. The average molecular weight is 191 g/mol. The fraction of sp³-hybridized carbons (Fsp3) is 0.286. The Labute approximate surface area is 77.0 Å². The van der Waals surface area contributed by atoms with E-state index >= 15 is 0 Å². The Balaban J connectivity index is 0. The molecular weight excluding hydrogens is 178 g/mol. The van der Waals surface area contributed by atoms with E-state index in [4.69, 9.17) is 0 Å². The van der Waals surface area contributed by atoms with Crippen molar-refractivity contribution in [3.8, 4) is 0 Å². The Hall–Kier alpha value is -0.350. The van der Waals surface area contributed by atoms with Gasteiger partial charge in [-0.1, -0.05) is 6.07 Å². The first-order chi connectivity index (χ1) is 4.73. The lowest BCUT2D eigenvalue weighted by atomic mass is 10.5. The third-order valence-electron chi connectivity index (χ3n) is 0.566. The zero-order valence-electron chi connectivity index (χ0n) is 6.65. The van der Waals surface area contributed by atoms with Crippen LogP contribution in [0.3, 0.4) is 0 Å². The van der Waals surface area contributed by atoms with Gasteiger partial charge < -0.3 is 0 Å². The molecule has 11 heavy (non-hydrogen) atoms. The fourth-order valence-electron chi connectivity index (χ4n) is 0.313. The van der Waals surface area contributed by atoms with Gasteiger partial charge in [-0.2, -0.15) is 13.5 Å². The first-order valence-corrected chi connectivity index (χ1v) is 4.80. The van der Waals surface area contributed by atoms with Gasteiger partial charge in [-0.25, -0.2) is 0 Å².